The monoisotopic (exact) mass is 435 g/mol. The third kappa shape index (κ3) is 4.63. The van der Waals surface area contributed by atoms with E-state index in [0.717, 1.165) is 17.2 Å². The Hall–Kier alpha value is -4.51. The van der Waals surface area contributed by atoms with Crippen LogP contribution in [0.2, 0.25) is 0 Å². The van der Waals surface area contributed by atoms with Crippen LogP contribution < -0.4 is 10.7 Å². The van der Waals surface area contributed by atoms with Crippen LogP contribution in [0, 0.1) is 20.2 Å². The molecule has 3 aromatic rings. The van der Waals surface area contributed by atoms with Crippen LogP contribution in [0.3, 0.4) is 0 Å². The fourth-order valence-corrected chi connectivity index (χ4v) is 3.17. The van der Waals surface area contributed by atoms with E-state index in [9.17, 15) is 20.2 Å². The fraction of sp³-hybridized carbons (Fsp3) is 0.0952. The number of anilines is 1. The smallest absolute Gasteiger partial charge is 0.301 e. The number of nitrogens with one attached hydrogen (secondary N) is 2. The van der Waals surface area contributed by atoms with Crippen LogP contribution in [0.1, 0.15) is 11.5 Å². The molecule has 0 aliphatic carbocycles. The van der Waals surface area contributed by atoms with Crippen molar-refractivity contribution in [3.63, 3.8) is 0 Å². The Labute approximate surface area is 181 Å². The summed E-state index contributed by atoms with van der Waals surface area (Å²) < 4.78 is 10.8. The van der Waals surface area contributed by atoms with Gasteiger partial charge in [0.05, 0.1) is 34.2 Å². The van der Waals surface area contributed by atoms with Crippen molar-refractivity contribution >= 4 is 34.9 Å². The normalized spacial score (nSPS) is 16.3. The van der Waals surface area contributed by atoms with E-state index in [-0.39, 0.29) is 11.4 Å². The predicted octanol–water partition coefficient (Wildman–Crippen LogP) is 4.23. The Morgan fingerprint density at radius 1 is 0.938 bits per heavy atom. The number of benzene rings is 1. The van der Waals surface area contributed by atoms with Gasteiger partial charge in [-0.15, -0.1) is 0 Å². The minimum Gasteiger partial charge on any atom is -0.465 e. The van der Waals surface area contributed by atoms with Gasteiger partial charge in [0.15, 0.2) is 0 Å². The van der Waals surface area contributed by atoms with Gasteiger partial charge in [-0.2, -0.15) is 5.10 Å². The third-order valence-corrected chi connectivity index (χ3v) is 4.64. The lowest BCUT2D eigenvalue weighted by molar-refractivity contribution is -0.393. The standard InChI is InChI=1S/C21H17N5O6/c27-25(28)16-5-6-19(20(11-16)26(29)30)23-24-21-14(9-17-3-1-7-31-17)12-22-13-15(21)10-18-4-2-8-32-18/h1-11,22-23H,12-13H2/b14-9+,15-10+. The summed E-state index contributed by atoms with van der Waals surface area (Å²) in [5, 5.41) is 30.1. The second-order valence-corrected chi connectivity index (χ2v) is 6.76. The first-order valence-electron chi connectivity index (χ1n) is 9.47. The molecule has 1 fully saturated rings. The lowest BCUT2D eigenvalue weighted by atomic mass is 9.97. The Morgan fingerprint density at radius 2 is 1.56 bits per heavy atom. The van der Waals surface area contributed by atoms with Gasteiger partial charge in [-0.1, -0.05) is 0 Å². The molecule has 11 nitrogen and oxygen atoms in total. The summed E-state index contributed by atoms with van der Waals surface area (Å²) in [6.45, 7) is 0.970. The molecule has 1 aliphatic rings. The Morgan fingerprint density at radius 3 is 2.06 bits per heavy atom. The van der Waals surface area contributed by atoms with Gasteiger partial charge in [0.2, 0.25) is 0 Å². The molecule has 2 aromatic heterocycles. The van der Waals surface area contributed by atoms with E-state index >= 15 is 0 Å². The number of nitrogens with zero attached hydrogens (tertiary/aromatic N) is 3. The van der Waals surface area contributed by atoms with Crippen LogP contribution in [0.4, 0.5) is 17.1 Å². The predicted molar refractivity (Wildman–Crippen MR) is 117 cm³/mol. The van der Waals surface area contributed by atoms with Gasteiger partial charge in [0.25, 0.3) is 5.69 Å². The maximum Gasteiger partial charge on any atom is 0.301 e. The maximum absolute atomic E-state index is 11.4. The molecular weight excluding hydrogens is 418 g/mol. The van der Waals surface area contributed by atoms with Gasteiger partial charge in [-0.05, 0) is 53.6 Å². The molecule has 0 radical (unpaired) electrons. The molecule has 1 aliphatic heterocycles. The molecule has 162 valence electrons. The van der Waals surface area contributed by atoms with Crippen LogP contribution in [-0.4, -0.2) is 28.6 Å². The summed E-state index contributed by atoms with van der Waals surface area (Å²) in [6.07, 6.45) is 6.73. The molecule has 3 heterocycles. The molecule has 0 amide bonds. The molecule has 0 atom stereocenters. The van der Waals surface area contributed by atoms with E-state index in [1.54, 1.807) is 36.8 Å². The number of furan rings is 2. The van der Waals surface area contributed by atoms with E-state index in [4.69, 9.17) is 8.83 Å². The van der Waals surface area contributed by atoms with Gasteiger partial charge in [-0.25, -0.2) is 0 Å². The van der Waals surface area contributed by atoms with E-state index in [0.29, 0.717) is 30.3 Å². The van der Waals surface area contributed by atoms with E-state index < -0.39 is 15.5 Å². The van der Waals surface area contributed by atoms with Crippen LogP contribution in [0.25, 0.3) is 12.2 Å². The van der Waals surface area contributed by atoms with Crippen LogP contribution >= 0.6 is 0 Å². The molecular formula is C21H17N5O6. The zero-order valence-corrected chi connectivity index (χ0v) is 16.6. The van der Waals surface area contributed by atoms with Crippen LogP contribution in [-0.2, 0) is 0 Å². The van der Waals surface area contributed by atoms with Gasteiger partial charge in [-0.3, -0.25) is 25.7 Å². The van der Waals surface area contributed by atoms with E-state index in [1.165, 1.54) is 12.1 Å². The molecule has 0 saturated carbocycles. The number of hydrazone groups is 1. The first kappa shape index (κ1) is 20.8. The average Bonchev–Trinajstić information content (AvgIpc) is 3.47. The van der Waals surface area contributed by atoms with Crippen molar-refractivity contribution in [2.75, 3.05) is 18.5 Å². The second-order valence-electron chi connectivity index (χ2n) is 6.76. The summed E-state index contributed by atoms with van der Waals surface area (Å²) in [5.41, 5.74) is 4.00. The molecule has 32 heavy (non-hydrogen) atoms. The van der Waals surface area contributed by atoms with Crippen molar-refractivity contribution in [1.29, 1.82) is 0 Å². The zero-order chi connectivity index (χ0) is 22.5. The molecule has 2 N–H and O–H groups in total. The molecule has 0 unspecified atom stereocenters. The van der Waals surface area contributed by atoms with E-state index in [1.807, 2.05) is 12.2 Å². The average molecular weight is 435 g/mol. The number of hydrogen-bond acceptors (Lipinski definition) is 9. The van der Waals surface area contributed by atoms with Crippen LogP contribution in [0.5, 0.6) is 0 Å². The first-order chi connectivity index (χ1) is 15.5. The maximum atomic E-state index is 11.4. The van der Waals surface area contributed by atoms with Crippen molar-refractivity contribution in [2.24, 2.45) is 5.10 Å². The van der Waals surface area contributed by atoms with Crippen molar-refractivity contribution < 1.29 is 18.7 Å². The Bertz CT molecular complexity index is 1170. The van der Waals surface area contributed by atoms with Gasteiger partial charge < -0.3 is 14.2 Å². The van der Waals surface area contributed by atoms with Gasteiger partial charge >= 0.3 is 5.69 Å². The van der Waals surface area contributed by atoms with Crippen molar-refractivity contribution in [1.82, 2.24) is 5.32 Å². The summed E-state index contributed by atoms with van der Waals surface area (Å²) in [7, 11) is 0. The number of piperidine rings is 1. The lowest BCUT2D eigenvalue weighted by Gasteiger charge is -2.21. The highest BCUT2D eigenvalue weighted by Gasteiger charge is 2.22. The topological polar surface area (TPSA) is 149 Å². The summed E-state index contributed by atoms with van der Waals surface area (Å²) in [5.74, 6) is 1.24. The highest BCUT2D eigenvalue weighted by Crippen LogP contribution is 2.29. The van der Waals surface area contributed by atoms with Crippen molar-refractivity contribution in [2.45, 2.75) is 0 Å². The highest BCUT2D eigenvalue weighted by molar-refractivity contribution is 6.18. The first-order valence-corrected chi connectivity index (χ1v) is 9.47. The number of non-ortho nitro benzene ring substituents is 1. The zero-order valence-electron chi connectivity index (χ0n) is 16.6. The quantitative estimate of drug-likeness (QED) is 0.431. The summed E-state index contributed by atoms with van der Waals surface area (Å²) >= 11 is 0. The number of nitro groups is 2. The highest BCUT2D eigenvalue weighted by atomic mass is 16.6. The van der Waals surface area contributed by atoms with Gasteiger partial charge in [0, 0.05) is 19.2 Å². The summed E-state index contributed by atoms with van der Waals surface area (Å²) in [6, 6.07) is 10.4. The SMILES string of the molecule is O=[N+]([O-])c1ccc(NN=C2/C(=C/c3ccco3)CNC/C2=C\c2ccco2)c([N+](=O)[O-])c1. The second kappa shape index (κ2) is 9.10. The molecule has 0 spiro atoms. The van der Waals surface area contributed by atoms with Gasteiger partial charge in [0.1, 0.15) is 17.2 Å². The minimum absolute atomic E-state index is 0.0290. The number of rotatable bonds is 6. The minimum atomic E-state index is -0.697. The number of hydrogen-bond donors (Lipinski definition) is 2. The van der Waals surface area contributed by atoms with Crippen molar-refractivity contribution in [3.8, 4) is 0 Å². The molecule has 4 rings (SSSR count). The fourth-order valence-electron chi connectivity index (χ4n) is 3.17. The molecule has 1 saturated heterocycles. The Balaban J connectivity index is 1.75. The molecule has 1 aromatic carbocycles. The summed E-state index contributed by atoms with van der Waals surface area (Å²) in [4.78, 5) is 21.0. The van der Waals surface area contributed by atoms with E-state index in [2.05, 4.69) is 15.8 Å². The third-order valence-electron chi connectivity index (χ3n) is 4.64. The molecule has 0 bridgehead atoms. The largest absolute Gasteiger partial charge is 0.465 e. The Kier molecular flexibility index (Phi) is 5.90. The number of nitro benzene ring substituents is 2. The van der Waals surface area contributed by atoms with Crippen molar-refractivity contribution in [3.05, 3.63) is 97.9 Å². The van der Waals surface area contributed by atoms with Crippen LogP contribution in [0.15, 0.2) is 80.1 Å². The lowest BCUT2D eigenvalue weighted by Crippen LogP contribution is -2.33. The molecule has 11 heteroatoms.